The number of benzene rings is 1. The third-order valence-corrected chi connectivity index (χ3v) is 4.83. The van der Waals surface area contributed by atoms with Crippen molar-refractivity contribution in [3.05, 3.63) is 47.5 Å². The molecule has 0 aliphatic carbocycles. The van der Waals surface area contributed by atoms with E-state index in [1.165, 1.54) is 16.9 Å². The van der Waals surface area contributed by atoms with Crippen molar-refractivity contribution in [2.75, 3.05) is 13.1 Å². The highest BCUT2D eigenvalue weighted by Gasteiger charge is 2.31. The quantitative estimate of drug-likeness (QED) is 0.940. The number of rotatable bonds is 3. The number of carbonyl (C=O) groups is 1. The van der Waals surface area contributed by atoms with E-state index in [9.17, 15) is 9.18 Å². The first-order valence-electron chi connectivity index (χ1n) is 8.33. The highest BCUT2D eigenvalue weighted by molar-refractivity contribution is 5.95. The van der Waals surface area contributed by atoms with Crippen molar-refractivity contribution in [1.29, 1.82) is 0 Å². The Kier molecular flexibility index (Phi) is 4.66. The molecule has 2 N–H and O–H groups in total. The summed E-state index contributed by atoms with van der Waals surface area (Å²) in [6.07, 6.45) is 3.42. The van der Waals surface area contributed by atoms with Gasteiger partial charge in [-0.05, 0) is 37.8 Å². The van der Waals surface area contributed by atoms with Gasteiger partial charge in [0.1, 0.15) is 11.5 Å². The maximum atomic E-state index is 14.0. The van der Waals surface area contributed by atoms with Crippen LogP contribution in [0.4, 0.5) is 4.39 Å². The van der Waals surface area contributed by atoms with E-state index in [0.29, 0.717) is 36.0 Å². The average Bonchev–Trinajstić information content (AvgIpc) is 2.96. The molecule has 1 saturated heterocycles. The maximum absolute atomic E-state index is 14.0. The molecule has 1 aromatic carbocycles. The molecule has 1 aromatic heterocycles. The van der Waals surface area contributed by atoms with E-state index >= 15 is 0 Å². The molecule has 0 spiro atoms. The van der Waals surface area contributed by atoms with Crippen LogP contribution in [0.25, 0.3) is 5.69 Å². The minimum Gasteiger partial charge on any atom is -0.334 e. The number of hydrogen-bond acceptors (Lipinski definition) is 3. The molecular formula is C18H23FN4O. The zero-order chi connectivity index (χ0) is 17.3. The van der Waals surface area contributed by atoms with Crippen molar-refractivity contribution in [3.8, 4) is 5.69 Å². The van der Waals surface area contributed by atoms with Gasteiger partial charge in [0.05, 0.1) is 17.5 Å². The number of likely N-dealkylation sites (tertiary alicyclic amines) is 1. The standard InChI is InChI=1S/C18H23FN4O/c1-12-7-8-22(14(9-12)10-20)18(24)15-11-21-23(13(15)2)17-6-4-3-5-16(17)19/h3-6,11-12,14H,7-10,20H2,1-2H3. The summed E-state index contributed by atoms with van der Waals surface area (Å²) in [7, 11) is 0. The number of amides is 1. The number of aromatic nitrogens is 2. The van der Waals surface area contributed by atoms with E-state index in [4.69, 9.17) is 5.73 Å². The van der Waals surface area contributed by atoms with Crippen LogP contribution in [0.2, 0.25) is 0 Å². The third-order valence-electron chi connectivity index (χ3n) is 4.83. The lowest BCUT2D eigenvalue weighted by Gasteiger charge is -2.38. The van der Waals surface area contributed by atoms with Crippen LogP contribution in [0.1, 0.15) is 35.8 Å². The molecule has 2 atom stereocenters. The van der Waals surface area contributed by atoms with Gasteiger partial charge in [0.2, 0.25) is 0 Å². The van der Waals surface area contributed by atoms with Crippen LogP contribution in [-0.4, -0.2) is 39.7 Å². The Bertz CT molecular complexity index is 742. The fraction of sp³-hybridized carbons (Fsp3) is 0.444. The van der Waals surface area contributed by atoms with Crippen molar-refractivity contribution in [1.82, 2.24) is 14.7 Å². The Labute approximate surface area is 141 Å². The van der Waals surface area contributed by atoms with Gasteiger partial charge in [-0.1, -0.05) is 19.1 Å². The molecule has 24 heavy (non-hydrogen) atoms. The van der Waals surface area contributed by atoms with E-state index in [0.717, 1.165) is 12.8 Å². The SMILES string of the molecule is Cc1c(C(=O)N2CCC(C)CC2CN)cnn1-c1ccccc1F. The van der Waals surface area contributed by atoms with Gasteiger partial charge in [-0.3, -0.25) is 4.79 Å². The number of carbonyl (C=O) groups excluding carboxylic acids is 1. The Balaban J connectivity index is 1.91. The van der Waals surface area contributed by atoms with E-state index in [2.05, 4.69) is 12.0 Å². The van der Waals surface area contributed by atoms with Crippen molar-refractivity contribution >= 4 is 5.91 Å². The molecule has 0 saturated carbocycles. The monoisotopic (exact) mass is 330 g/mol. The zero-order valence-corrected chi connectivity index (χ0v) is 14.1. The topological polar surface area (TPSA) is 64.2 Å². The van der Waals surface area contributed by atoms with E-state index < -0.39 is 0 Å². The molecule has 2 unspecified atom stereocenters. The molecule has 2 heterocycles. The summed E-state index contributed by atoms with van der Waals surface area (Å²) in [6.45, 7) is 5.13. The molecule has 6 heteroatoms. The predicted octanol–water partition coefficient (Wildman–Crippen LogP) is 2.52. The molecule has 1 amide bonds. The van der Waals surface area contributed by atoms with Crippen molar-refractivity contribution in [2.45, 2.75) is 32.7 Å². The highest BCUT2D eigenvalue weighted by Crippen LogP contribution is 2.25. The normalized spacial score (nSPS) is 21.1. The number of nitrogens with two attached hydrogens (primary N) is 1. The third kappa shape index (κ3) is 2.94. The van der Waals surface area contributed by atoms with Crippen LogP contribution in [0.15, 0.2) is 30.5 Å². The Morgan fingerprint density at radius 1 is 1.42 bits per heavy atom. The molecular weight excluding hydrogens is 307 g/mol. The lowest BCUT2D eigenvalue weighted by Crippen LogP contribution is -2.49. The molecule has 0 bridgehead atoms. The molecule has 0 radical (unpaired) electrons. The summed E-state index contributed by atoms with van der Waals surface area (Å²) >= 11 is 0. The van der Waals surface area contributed by atoms with E-state index in [1.54, 1.807) is 25.1 Å². The Morgan fingerprint density at radius 2 is 2.17 bits per heavy atom. The highest BCUT2D eigenvalue weighted by atomic mass is 19.1. The predicted molar refractivity (Wildman–Crippen MR) is 90.5 cm³/mol. The van der Waals surface area contributed by atoms with Gasteiger partial charge in [-0.2, -0.15) is 5.10 Å². The van der Waals surface area contributed by atoms with Gasteiger partial charge in [0, 0.05) is 19.1 Å². The number of nitrogens with zero attached hydrogens (tertiary/aromatic N) is 3. The first kappa shape index (κ1) is 16.6. The second kappa shape index (κ2) is 6.73. The van der Waals surface area contributed by atoms with Gasteiger partial charge in [-0.15, -0.1) is 0 Å². The molecule has 5 nitrogen and oxygen atoms in total. The molecule has 1 aliphatic rings. The number of para-hydroxylation sites is 1. The molecule has 1 fully saturated rings. The van der Waals surface area contributed by atoms with Crippen LogP contribution >= 0.6 is 0 Å². The lowest BCUT2D eigenvalue weighted by molar-refractivity contribution is 0.0573. The smallest absolute Gasteiger partial charge is 0.257 e. The lowest BCUT2D eigenvalue weighted by atomic mass is 9.92. The largest absolute Gasteiger partial charge is 0.334 e. The van der Waals surface area contributed by atoms with E-state index in [1.807, 2.05) is 4.90 Å². The van der Waals surface area contributed by atoms with Crippen LogP contribution < -0.4 is 5.73 Å². The summed E-state index contributed by atoms with van der Waals surface area (Å²) in [5, 5.41) is 4.23. The minimum absolute atomic E-state index is 0.0532. The Hall–Kier alpha value is -2.21. The fourth-order valence-corrected chi connectivity index (χ4v) is 3.38. The summed E-state index contributed by atoms with van der Waals surface area (Å²) in [6, 6.07) is 6.46. The van der Waals surface area contributed by atoms with Crippen molar-refractivity contribution < 1.29 is 9.18 Å². The van der Waals surface area contributed by atoms with Gasteiger partial charge in [0.25, 0.3) is 5.91 Å². The number of halogens is 1. The molecule has 2 aromatic rings. The summed E-state index contributed by atoms with van der Waals surface area (Å²) in [4.78, 5) is 14.8. The van der Waals surface area contributed by atoms with Crippen LogP contribution in [0, 0.1) is 18.7 Å². The summed E-state index contributed by atoms with van der Waals surface area (Å²) in [5.41, 5.74) is 7.35. The molecule has 1 aliphatic heterocycles. The van der Waals surface area contributed by atoms with E-state index in [-0.39, 0.29) is 17.8 Å². The van der Waals surface area contributed by atoms with Gasteiger partial charge in [0.15, 0.2) is 0 Å². The molecule has 128 valence electrons. The number of hydrogen-bond donors (Lipinski definition) is 1. The summed E-state index contributed by atoms with van der Waals surface area (Å²) < 4.78 is 15.5. The first-order valence-corrected chi connectivity index (χ1v) is 8.33. The van der Waals surface area contributed by atoms with Gasteiger partial charge >= 0.3 is 0 Å². The molecule has 3 rings (SSSR count). The second-order valence-electron chi connectivity index (χ2n) is 6.52. The maximum Gasteiger partial charge on any atom is 0.257 e. The minimum atomic E-state index is -0.366. The van der Waals surface area contributed by atoms with Crippen LogP contribution in [-0.2, 0) is 0 Å². The number of piperidine rings is 1. The fourth-order valence-electron chi connectivity index (χ4n) is 3.38. The Morgan fingerprint density at radius 3 is 2.88 bits per heavy atom. The first-order chi connectivity index (χ1) is 11.5. The average molecular weight is 330 g/mol. The van der Waals surface area contributed by atoms with Crippen LogP contribution in [0.5, 0.6) is 0 Å². The zero-order valence-electron chi connectivity index (χ0n) is 14.1. The van der Waals surface area contributed by atoms with Gasteiger partial charge in [-0.25, -0.2) is 9.07 Å². The second-order valence-corrected chi connectivity index (χ2v) is 6.52. The van der Waals surface area contributed by atoms with Crippen molar-refractivity contribution in [3.63, 3.8) is 0 Å². The van der Waals surface area contributed by atoms with Gasteiger partial charge < -0.3 is 10.6 Å². The van der Waals surface area contributed by atoms with Crippen LogP contribution in [0.3, 0.4) is 0 Å². The summed E-state index contributed by atoms with van der Waals surface area (Å²) in [5.74, 6) is 0.136. The van der Waals surface area contributed by atoms with Crippen molar-refractivity contribution in [2.24, 2.45) is 11.7 Å².